The van der Waals surface area contributed by atoms with E-state index < -0.39 is 0 Å². The Morgan fingerprint density at radius 2 is 1.62 bits per heavy atom. The van der Waals surface area contributed by atoms with Crippen LogP contribution in [0.3, 0.4) is 0 Å². The number of aryl methyl sites for hydroxylation is 1. The minimum atomic E-state index is 0.433. The second-order valence-electron chi connectivity index (χ2n) is 5.11. The monoisotopic (exact) mass is 214 g/mol. The maximum atomic E-state index is 3.30. The maximum Gasteiger partial charge on any atom is 0.0280 e. The number of hydrogen-bond acceptors (Lipinski definition) is 0. The van der Waals surface area contributed by atoms with Crippen molar-refractivity contribution in [3.05, 3.63) is 34.4 Å². The molecule has 0 unspecified atom stereocenters. The largest absolute Gasteiger partial charge is 0.0951 e. The van der Waals surface area contributed by atoms with Gasteiger partial charge in [0.2, 0.25) is 0 Å². The first-order chi connectivity index (χ1) is 7.41. The van der Waals surface area contributed by atoms with Crippen molar-refractivity contribution in [1.29, 1.82) is 0 Å². The molecule has 0 aliphatic rings. The summed E-state index contributed by atoms with van der Waals surface area (Å²) in [7, 11) is 0. The highest BCUT2D eigenvalue weighted by molar-refractivity contribution is 5.48. The Bertz CT molecular complexity index is 425. The molecule has 0 heterocycles. The van der Waals surface area contributed by atoms with Gasteiger partial charge in [-0.25, -0.2) is 0 Å². The van der Waals surface area contributed by atoms with Crippen molar-refractivity contribution < 1.29 is 0 Å². The number of rotatable bonds is 1. The van der Waals surface area contributed by atoms with Gasteiger partial charge in [-0.05, 0) is 42.5 Å². The average molecular weight is 214 g/mol. The van der Waals surface area contributed by atoms with Gasteiger partial charge >= 0.3 is 0 Å². The minimum absolute atomic E-state index is 0.433. The molecule has 0 N–H and O–H groups in total. The van der Waals surface area contributed by atoms with Gasteiger partial charge in [0, 0.05) is 11.5 Å². The summed E-state index contributed by atoms with van der Waals surface area (Å²) < 4.78 is 0. The Morgan fingerprint density at radius 1 is 1.00 bits per heavy atom. The van der Waals surface area contributed by atoms with Crippen molar-refractivity contribution in [2.75, 3.05) is 0 Å². The molecule has 0 heteroatoms. The predicted octanol–water partition coefficient (Wildman–Crippen LogP) is 4.43. The van der Waals surface area contributed by atoms with Gasteiger partial charge in [-0.1, -0.05) is 45.6 Å². The van der Waals surface area contributed by atoms with Gasteiger partial charge in [0.15, 0.2) is 0 Å². The number of benzene rings is 1. The van der Waals surface area contributed by atoms with E-state index in [1.807, 2.05) is 0 Å². The molecule has 0 aliphatic heterocycles. The van der Waals surface area contributed by atoms with Crippen molar-refractivity contribution in [1.82, 2.24) is 0 Å². The van der Waals surface area contributed by atoms with E-state index in [2.05, 4.69) is 65.5 Å². The molecule has 1 rings (SSSR count). The van der Waals surface area contributed by atoms with Crippen LogP contribution in [0.2, 0.25) is 0 Å². The summed E-state index contributed by atoms with van der Waals surface area (Å²) in [6.45, 7) is 13.1. The molecule has 0 amide bonds. The van der Waals surface area contributed by atoms with Crippen molar-refractivity contribution in [2.24, 2.45) is 5.92 Å². The zero-order chi connectivity index (χ0) is 12.3. The van der Waals surface area contributed by atoms with E-state index in [-0.39, 0.29) is 0 Å². The molecule has 0 bridgehead atoms. The van der Waals surface area contributed by atoms with Crippen molar-refractivity contribution in [3.63, 3.8) is 0 Å². The molecule has 0 aliphatic carbocycles. The Morgan fingerprint density at radius 3 is 2.12 bits per heavy atom. The Labute approximate surface area is 100 Å². The van der Waals surface area contributed by atoms with Crippen LogP contribution in [-0.2, 0) is 0 Å². The molecule has 0 aromatic heterocycles. The molecular formula is C16H22. The fourth-order valence-electron chi connectivity index (χ4n) is 1.84. The molecule has 1 aromatic rings. The van der Waals surface area contributed by atoms with E-state index in [9.17, 15) is 0 Å². The zero-order valence-electron chi connectivity index (χ0n) is 11.3. The molecule has 0 nitrogen and oxygen atoms in total. The van der Waals surface area contributed by atoms with Crippen LogP contribution in [0.25, 0.3) is 0 Å². The van der Waals surface area contributed by atoms with Crippen LogP contribution in [0.4, 0.5) is 0 Å². The molecule has 0 spiro atoms. The average Bonchev–Trinajstić information content (AvgIpc) is 2.18. The van der Waals surface area contributed by atoms with Crippen LogP contribution in [0.5, 0.6) is 0 Å². The lowest BCUT2D eigenvalue weighted by atomic mass is 9.92. The third kappa shape index (κ3) is 3.14. The molecule has 0 saturated heterocycles. The zero-order valence-corrected chi connectivity index (χ0v) is 11.3. The lowest BCUT2D eigenvalue weighted by molar-refractivity contribution is 0.852. The summed E-state index contributed by atoms with van der Waals surface area (Å²) in [5.74, 6) is 7.55. The fraction of sp³-hybridized carbons (Fsp3) is 0.500. The standard InChI is InChI=1S/C16H22/c1-11(2)7-8-15-9-13(5)10-16(12(3)4)14(15)6/h9-12H,1-6H3. The normalized spacial score (nSPS) is 10.5. The SMILES string of the molecule is Cc1cc(C#CC(C)C)c(C)c(C(C)C)c1. The smallest absolute Gasteiger partial charge is 0.0280 e. The van der Waals surface area contributed by atoms with Crippen LogP contribution in [-0.4, -0.2) is 0 Å². The summed E-state index contributed by atoms with van der Waals surface area (Å²) >= 11 is 0. The molecule has 16 heavy (non-hydrogen) atoms. The van der Waals surface area contributed by atoms with E-state index in [1.54, 1.807) is 0 Å². The van der Waals surface area contributed by atoms with E-state index in [4.69, 9.17) is 0 Å². The summed E-state index contributed by atoms with van der Waals surface area (Å²) in [5, 5.41) is 0. The molecule has 0 atom stereocenters. The predicted molar refractivity (Wildman–Crippen MR) is 71.7 cm³/mol. The Kier molecular flexibility index (Phi) is 4.19. The van der Waals surface area contributed by atoms with Crippen molar-refractivity contribution in [3.8, 4) is 11.8 Å². The molecule has 0 radical (unpaired) electrons. The second-order valence-corrected chi connectivity index (χ2v) is 5.11. The third-order valence-electron chi connectivity index (χ3n) is 2.71. The highest BCUT2D eigenvalue weighted by Crippen LogP contribution is 2.23. The van der Waals surface area contributed by atoms with E-state index in [1.165, 1.54) is 22.3 Å². The van der Waals surface area contributed by atoms with Gasteiger partial charge in [0.1, 0.15) is 0 Å². The van der Waals surface area contributed by atoms with Gasteiger partial charge in [-0.15, -0.1) is 0 Å². The molecule has 1 aromatic carbocycles. The fourth-order valence-corrected chi connectivity index (χ4v) is 1.84. The molecule has 86 valence electrons. The van der Waals surface area contributed by atoms with Gasteiger partial charge in [0.25, 0.3) is 0 Å². The Balaban J connectivity index is 3.26. The van der Waals surface area contributed by atoms with E-state index in [0.29, 0.717) is 11.8 Å². The molecule has 0 saturated carbocycles. The van der Waals surface area contributed by atoms with Crippen molar-refractivity contribution in [2.45, 2.75) is 47.5 Å². The summed E-state index contributed by atoms with van der Waals surface area (Å²) in [5.41, 5.74) is 5.27. The van der Waals surface area contributed by atoms with E-state index in [0.717, 1.165) is 0 Å². The minimum Gasteiger partial charge on any atom is -0.0951 e. The highest BCUT2D eigenvalue weighted by atomic mass is 14.1. The van der Waals surface area contributed by atoms with Crippen LogP contribution in [0, 0.1) is 31.6 Å². The van der Waals surface area contributed by atoms with Gasteiger partial charge in [-0.3, -0.25) is 0 Å². The summed E-state index contributed by atoms with van der Waals surface area (Å²) in [6.07, 6.45) is 0. The first-order valence-electron chi connectivity index (χ1n) is 6.04. The first-order valence-corrected chi connectivity index (χ1v) is 6.04. The number of hydrogen-bond donors (Lipinski definition) is 0. The van der Waals surface area contributed by atoms with Gasteiger partial charge < -0.3 is 0 Å². The van der Waals surface area contributed by atoms with Crippen LogP contribution in [0.1, 0.15) is 55.9 Å². The van der Waals surface area contributed by atoms with Crippen molar-refractivity contribution >= 4 is 0 Å². The topological polar surface area (TPSA) is 0 Å². The second kappa shape index (κ2) is 5.21. The van der Waals surface area contributed by atoms with E-state index >= 15 is 0 Å². The first kappa shape index (κ1) is 12.8. The molecule has 0 fully saturated rings. The van der Waals surface area contributed by atoms with Crippen LogP contribution in [0.15, 0.2) is 12.1 Å². The van der Waals surface area contributed by atoms with Crippen LogP contribution >= 0.6 is 0 Å². The van der Waals surface area contributed by atoms with Gasteiger partial charge in [0.05, 0.1) is 0 Å². The quantitative estimate of drug-likeness (QED) is 0.606. The van der Waals surface area contributed by atoms with Crippen LogP contribution < -0.4 is 0 Å². The lowest BCUT2D eigenvalue weighted by Crippen LogP contribution is -1.96. The highest BCUT2D eigenvalue weighted by Gasteiger charge is 2.07. The summed E-state index contributed by atoms with van der Waals surface area (Å²) in [4.78, 5) is 0. The summed E-state index contributed by atoms with van der Waals surface area (Å²) in [6, 6.07) is 4.47. The maximum absolute atomic E-state index is 3.30. The molecular weight excluding hydrogens is 192 g/mol. The van der Waals surface area contributed by atoms with Gasteiger partial charge in [-0.2, -0.15) is 0 Å². The Hall–Kier alpha value is -1.22. The lowest BCUT2D eigenvalue weighted by Gasteiger charge is -2.12. The third-order valence-corrected chi connectivity index (χ3v) is 2.71.